The first-order chi connectivity index (χ1) is 7.36. The van der Waals surface area contributed by atoms with Gasteiger partial charge in [-0.05, 0) is 19.3 Å². The summed E-state index contributed by atoms with van der Waals surface area (Å²) in [6.07, 6.45) is 11.3. The molecule has 0 aliphatic heterocycles. The molecular formula is C13H27O2+. The van der Waals surface area contributed by atoms with Gasteiger partial charge in [-0.2, -0.15) is 0 Å². The van der Waals surface area contributed by atoms with Crippen molar-refractivity contribution in [3.05, 3.63) is 0 Å². The van der Waals surface area contributed by atoms with Crippen molar-refractivity contribution in [3.8, 4) is 0 Å². The van der Waals surface area contributed by atoms with E-state index >= 15 is 0 Å². The van der Waals surface area contributed by atoms with Crippen LogP contribution in [0.3, 0.4) is 0 Å². The normalized spacial score (nSPS) is 26.8. The van der Waals surface area contributed by atoms with Crippen LogP contribution in [-0.2, 0) is 4.74 Å². The summed E-state index contributed by atoms with van der Waals surface area (Å²) in [4.78, 5) is 0. The highest BCUT2D eigenvalue weighted by Crippen LogP contribution is 2.22. The summed E-state index contributed by atoms with van der Waals surface area (Å²) in [5.74, 6) is 0. The molecule has 90 valence electrons. The first-order valence-electron chi connectivity index (χ1n) is 6.57. The summed E-state index contributed by atoms with van der Waals surface area (Å²) in [5, 5.41) is 0. The van der Waals surface area contributed by atoms with Gasteiger partial charge in [0.15, 0.2) is 6.10 Å². The van der Waals surface area contributed by atoms with Crippen molar-refractivity contribution in [2.45, 2.75) is 70.5 Å². The monoisotopic (exact) mass is 215 g/mol. The van der Waals surface area contributed by atoms with Crippen LogP contribution in [0.1, 0.15) is 58.3 Å². The molecule has 0 aromatic rings. The number of hydrogen-bond donors (Lipinski definition) is 0. The molecule has 1 aliphatic rings. The Balaban J connectivity index is 1.94. The minimum Gasteiger partial charge on any atom is -0.434 e. The third kappa shape index (κ3) is 5.53. The van der Waals surface area contributed by atoms with E-state index in [4.69, 9.17) is 4.74 Å². The summed E-state index contributed by atoms with van der Waals surface area (Å²) in [6, 6.07) is 0. The van der Waals surface area contributed by atoms with Gasteiger partial charge in [0.1, 0.15) is 7.11 Å². The minimum absolute atomic E-state index is 0.532. The Kier molecular flexibility index (Phi) is 7.03. The summed E-state index contributed by atoms with van der Waals surface area (Å²) >= 11 is 0. The lowest BCUT2D eigenvalue weighted by Gasteiger charge is -2.25. The van der Waals surface area contributed by atoms with Gasteiger partial charge in [0.2, 0.25) is 0 Å². The average molecular weight is 215 g/mol. The van der Waals surface area contributed by atoms with E-state index in [2.05, 4.69) is 11.7 Å². The Morgan fingerprint density at radius 2 is 1.80 bits per heavy atom. The van der Waals surface area contributed by atoms with Gasteiger partial charge in [0.25, 0.3) is 0 Å². The molecule has 0 aromatic heterocycles. The smallest absolute Gasteiger partial charge is 0.154 e. The van der Waals surface area contributed by atoms with E-state index in [-0.39, 0.29) is 0 Å². The maximum Gasteiger partial charge on any atom is 0.154 e. The molecule has 0 spiro atoms. The number of rotatable bonds is 7. The molecule has 0 bridgehead atoms. The highest BCUT2D eigenvalue weighted by molar-refractivity contribution is 4.72. The second-order valence-corrected chi connectivity index (χ2v) is 4.62. The molecule has 1 N–H and O–H groups in total. The lowest BCUT2D eigenvalue weighted by Crippen LogP contribution is -2.27. The van der Waals surface area contributed by atoms with Crippen molar-refractivity contribution in [2.24, 2.45) is 0 Å². The molecular weight excluding hydrogens is 188 g/mol. The Morgan fingerprint density at radius 1 is 1.07 bits per heavy atom. The Bertz CT molecular complexity index is 139. The number of aliphatic hydroxyl groups is 2. The summed E-state index contributed by atoms with van der Waals surface area (Å²) in [5.41, 5.74) is 0. The van der Waals surface area contributed by atoms with Gasteiger partial charge in [-0.15, -0.1) is 0 Å². The Hall–Kier alpha value is -0.0800. The number of unbranched alkanes of at least 4 members (excludes halogenated alkanes) is 3. The molecule has 0 radical (unpaired) electrons. The zero-order valence-corrected chi connectivity index (χ0v) is 10.4. The first-order valence-corrected chi connectivity index (χ1v) is 6.57. The van der Waals surface area contributed by atoms with E-state index in [0.29, 0.717) is 12.2 Å². The van der Waals surface area contributed by atoms with Crippen LogP contribution in [0.25, 0.3) is 0 Å². The molecule has 0 saturated heterocycles. The molecule has 0 heterocycles. The van der Waals surface area contributed by atoms with Gasteiger partial charge >= 0.3 is 0 Å². The predicted octanol–water partition coefficient (Wildman–Crippen LogP) is 3.05. The first kappa shape index (κ1) is 13.0. The van der Waals surface area contributed by atoms with Gasteiger partial charge < -0.3 is 9.47 Å². The molecule has 1 aliphatic carbocycles. The second kappa shape index (κ2) is 8.12. The van der Waals surface area contributed by atoms with Crippen molar-refractivity contribution in [1.29, 1.82) is 0 Å². The third-order valence-corrected chi connectivity index (χ3v) is 3.36. The summed E-state index contributed by atoms with van der Waals surface area (Å²) in [6.45, 7) is 3.22. The molecule has 1 saturated carbocycles. The van der Waals surface area contributed by atoms with Crippen LogP contribution in [0.4, 0.5) is 0 Å². The van der Waals surface area contributed by atoms with Crippen LogP contribution < -0.4 is 0 Å². The SMILES string of the molecule is CCCCCCOC1CCC([OH+]C)CC1. The van der Waals surface area contributed by atoms with E-state index in [1.54, 1.807) is 0 Å². The fourth-order valence-corrected chi connectivity index (χ4v) is 2.25. The van der Waals surface area contributed by atoms with Crippen LogP contribution in [0.15, 0.2) is 0 Å². The van der Waals surface area contributed by atoms with Crippen molar-refractivity contribution in [3.63, 3.8) is 0 Å². The molecule has 0 aromatic carbocycles. The maximum atomic E-state index is 5.88. The second-order valence-electron chi connectivity index (χ2n) is 4.62. The van der Waals surface area contributed by atoms with Crippen LogP contribution in [0, 0.1) is 0 Å². The van der Waals surface area contributed by atoms with Gasteiger partial charge in [0, 0.05) is 19.4 Å². The fraction of sp³-hybridized carbons (Fsp3) is 1.00. The third-order valence-electron chi connectivity index (χ3n) is 3.36. The van der Waals surface area contributed by atoms with Crippen LogP contribution in [-0.4, -0.2) is 30.7 Å². The van der Waals surface area contributed by atoms with E-state index in [9.17, 15) is 0 Å². The molecule has 2 heteroatoms. The van der Waals surface area contributed by atoms with E-state index in [0.717, 1.165) is 6.61 Å². The van der Waals surface area contributed by atoms with E-state index < -0.39 is 0 Å². The van der Waals surface area contributed by atoms with Gasteiger partial charge in [-0.3, -0.25) is 0 Å². The quantitative estimate of drug-likeness (QED) is 0.472. The van der Waals surface area contributed by atoms with Crippen molar-refractivity contribution < 1.29 is 9.47 Å². The largest absolute Gasteiger partial charge is 0.434 e. The van der Waals surface area contributed by atoms with Crippen molar-refractivity contribution in [1.82, 2.24) is 0 Å². The molecule has 0 unspecified atom stereocenters. The van der Waals surface area contributed by atoms with Crippen LogP contribution >= 0.6 is 0 Å². The lowest BCUT2D eigenvalue weighted by molar-refractivity contribution is -0.100. The van der Waals surface area contributed by atoms with Gasteiger partial charge in [0.05, 0.1) is 6.10 Å². The Morgan fingerprint density at radius 3 is 2.40 bits per heavy atom. The standard InChI is InChI=1S/C13H26O2/c1-3-4-5-6-11-15-13-9-7-12(14-2)8-10-13/h12-13H,3-11H2,1-2H3/p+1. The van der Waals surface area contributed by atoms with Crippen LogP contribution in [0.2, 0.25) is 0 Å². The molecule has 1 fully saturated rings. The van der Waals surface area contributed by atoms with E-state index in [1.165, 1.54) is 51.4 Å². The molecule has 1 rings (SSSR count). The molecule has 0 amide bonds. The summed E-state index contributed by atoms with van der Waals surface area (Å²) in [7, 11) is 1.94. The number of ether oxygens (including phenoxy) is 2. The van der Waals surface area contributed by atoms with Crippen molar-refractivity contribution in [2.75, 3.05) is 13.7 Å². The predicted molar refractivity (Wildman–Crippen MR) is 64.3 cm³/mol. The van der Waals surface area contributed by atoms with E-state index in [1.807, 2.05) is 7.11 Å². The number of hydrogen-bond acceptors (Lipinski definition) is 1. The molecule has 0 atom stereocenters. The molecule has 15 heavy (non-hydrogen) atoms. The topological polar surface area (TPSA) is 22.0 Å². The van der Waals surface area contributed by atoms with Gasteiger partial charge in [-0.25, -0.2) is 0 Å². The lowest BCUT2D eigenvalue weighted by atomic mass is 9.95. The van der Waals surface area contributed by atoms with Crippen molar-refractivity contribution >= 4 is 0 Å². The minimum atomic E-state index is 0.532. The fourth-order valence-electron chi connectivity index (χ4n) is 2.25. The summed E-state index contributed by atoms with van der Waals surface area (Å²) < 4.78 is 10.2. The van der Waals surface area contributed by atoms with Gasteiger partial charge in [-0.1, -0.05) is 26.2 Å². The average Bonchev–Trinajstić information content (AvgIpc) is 2.30. The maximum absolute atomic E-state index is 5.88. The highest BCUT2D eigenvalue weighted by atomic mass is 16.5. The Labute approximate surface area is 94.3 Å². The van der Waals surface area contributed by atoms with Crippen LogP contribution in [0.5, 0.6) is 0 Å². The molecule has 2 nitrogen and oxygen atoms in total. The zero-order chi connectivity index (χ0) is 10.9. The zero-order valence-electron chi connectivity index (χ0n) is 10.4. The highest BCUT2D eigenvalue weighted by Gasteiger charge is 2.23.